The summed E-state index contributed by atoms with van der Waals surface area (Å²) in [5.41, 5.74) is 2.80. The first-order chi connectivity index (χ1) is 17.9. The van der Waals surface area contributed by atoms with Crippen molar-refractivity contribution in [3.63, 3.8) is 0 Å². The van der Waals surface area contributed by atoms with Gasteiger partial charge in [-0.15, -0.1) is 0 Å². The number of aryl methyl sites for hydroxylation is 1. The van der Waals surface area contributed by atoms with E-state index in [1.54, 1.807) is 18.0 Å². The third-order valence-corrected chi connectivity index (χ3v) is 8.51. The highest BCUT2D eigenvalue weighted by atomic mass is 35.5. The maximum absolute atomic E-state index is 12.8. The summed E-state index contributed by atoms with van der Waals surface area (Å²) in [5, 5.41) is 10.8. The third-order valence-electron chi connectivity index (χ3n) is 8.28. The van der Waals surface area contributed by atoms with Crippen LogP contribution in [0.3, 0.4) is 0 Å². The van der Waals surface area contributed by atoms with Crippen molar-refractivity contribution < 1.29 is 19.4 Å². The molecule has 3 heterocycles. The van der Waals surface area contributed by atoms with Crippen LogP contribution >= 0.6 is 11.6 Å². The van der Waals surface area contributed by atoms with Crippen molar-refractivity contribution in [3.8, 4) is 5.75 Å². The van der Waals surface area contributed by atoms with Crippen LogP contribution in [-0.2, 0) is 21.4 Å². The Hall–Kier alpha value is -2.80. The Morgan fingerprint density at radius 3 is 2.70 bits per heavy atom. The zero-order chi connectivity index (χ0) is 26.0. The lowest BCUT2D eigenvalue weighted by atomic mass is 9.70. The van der Waals surface area contributed by atoms with E-state index in [0.29, 0.717) is 30.4 Å². The summed E-state index contributed by atoms with van der Waals surface area (Å²) >= 11 is 6.34. The minimum Gasteiger partial charge on any atom is -0.489 e. The van der Waals surface area contributed by atoms with Crippen LogP contribution in [0.25, 0.3) is 0 Å². The van der Waals surface area contributed by atoms with Gasteiger partial charge in [-0.3, -0.25) is 9.59 Å². The van der Waals surface area contributed by atoms with E-state index in [1.807, 2.05) is 12.1 Å². The van der Waals surface area contributed by atoms with Gasteiger partial charge in [0.15, 0.2) is 11.6 Å². The number of amides is 1. The van der Waals surface area contributed by atoms with Crippen molar-refractivity contribution in [3.05, 3.63) is 52.2 Å². The van der Waals surface area contributed by atoms with Gasteiger partial charge in [-0.1, -0.05) is 36.9 Å². The molecule has 3 aliphatic rings. The number of aliphatic carboxylic acids is 1. The molecule has 0 unspecified atom stereocenters. The first kappa shape index (κ1) is 25.8. The Kier molecular flexibility index (Phi) is 7.61. The molecule has 1 amide bonds. The number of carboxylic acids is 1. The lowest BCUT2D eigenvalue weighted by Crippen LogP contribution is -2.46. The highest BCUT2D eigenvalue weighted by Crippen LogP contribution is 2.44. The van der Waals surface area contributed by atoms with E-state index in [2.05, 4.69) is 17.0 Å². The number of fused-ring (bicyclic) bond motifs is 3. The lowest BCUT2D eigenvalue weighted by molar-refractivity contribution is -0.142. The van der Waals surface area contributed by atoms with Crippen molar-refractivity contribution in [2.45, 2.75) is 69.1 Å². The Balaban J connectivity index is 1.54. The third kappa shape index (κ3) is 5.42. The number of halogens is 1. The monoisotopic (exact) mass is 525 g/mol. The number of hydrogen-bond donors (Lipinski definition) is 1. The number of benzene rings is 1. The molecule has 0 saturated heterocycles. The number of pyridine rings is 1. The molecule has 0 fully saturated rings. The molecule has 1 aliphatic carbocycles. The average molecular weight is 526 g/mol. The van der Waals surface area contributed by atoms with Gasteiger partial charge in [-0.05, 0) is 67.5 Å². The number of anilines is 1. The van der Waals surface area contributed by atoms with Crippen molar-refractivity contribution >= 4 is 29.3 Å². The van der Waals surface area contributed by atoms with Gasteiger partial charge in [0.2, 0.25) is 5.91 Å². The first-order valence-electron chi connectivity index (χ1n) is 13.5. The topological polar surface area (TPSA) is 83.0 Å². The average Bonchev–Trinajstić information content (AvgIpc) is 3.03. The van der Waals surface area contributed by atoms with E-state index < -0.39 is 11.9 Å². The van der Waals surface area contributed by atoms with Crippen LogP contribution in [0.5, 0.6) is 5.75 Å². The van der Waals surface area contributed by atoms with Crippen molar-refractivity contribution in [2.24, 2.45) is 0 Å². The number of carbonyl (C=O) groups is 2. The van der Waals surface area contributed by atoms with Gasteiger partial charge < -0.3 is 19.6 Å². The molecule has 37 heavy (non-hydrogen) atoms. The maximum atomic E-state index is 12.8. The van der Waals surface area contributed by atoms with E-state index in [0.717, 1.165) is 69.5 Å². The fourth-order valence-electron chi connectivity index (χ4n) is 6.18. The highest BCUT2D eigenvalue weighted by Gasteiger charge is 2.42. The molecule has 198 valence electrons. The summed E-state index contributed by atoms with van der Waals surface area (Å²) < 4.78 is 6.45. The van der Waals surface area contributed by atoms with Gasteiger partial charge in [0.05, 0.1) is 12.3 Å². The quantitative estimate of drug-likeness (QED) is 0.551. The molecule has 0 saturated carbocycles. The fourth-order valence-corrected chi connectivity index (χ4v) is 6.37. The van der Waals surface area contributed by atoms with Crippen LogP contribution in [0.4, 0.5) is 5.82 Å². The van der Waals surface area contributed by atoms with Gasteiger partial charge >= 0.3 is 5.97 Å². The number of nitrogens with zero attached hydrogens (tertiary/aromatic N) is 3. The molecule has 1 N–H and O–H groups in total. The summed E-state index contributed by atoms with van der Waals surface area (Å²) in [5.74, 6) is -0.823. The van der Waals surface area contributed by atoms with E-state index in [4.69, 9.17) is 21.3 Å². The predicted molar refractivity (Wildman–Crippen MR) is 144 cm³/mol. The molecular formula is C29H36ClN3O4. The van der Waals surface area contributed by atoms with Crippen LogP contribution in [0.1, 0.15) is 74.1 Å². The number of rotatable bonds is 1. The van der Waals surface area contributed by atoms with E-state index >= 15 is 0 Å². The normalized spacial score (nSPS) is 24.9. The van der Waals surface area contributed by atoms with Crippen LogP contribution in [0.2, 0.25) is 5.02 Å². The van der Waals surface area contributed by atoms with E-state index in [9.17, 15) is 14.7 Å². The van der Waals surface area contributed by atoms with Crippen LogP contribution < -0.4 is 9.64 Å². The second-order valence-electron chi connectivity index (χ2n) is 10.9. The Labute approximate surface area is 223 Å². The summed E-state index contributed by atoms with van der Waals surface area (Å²) in [7, 11) is 1.76. The smallest absolute Gasteiger partial charge is 0.313 e. The maximum Gasteiger partial charge on any atom is 0.313 e. The van der Waals surface area contributed by atoms with Gasteiger partial charge in [0, 0.05) is 43.5 Å². The number of ether oxygens (including phenoxy) is 1. The second kappa shape index (κ2) is 10.9. The molecule has 7 nitrogen and oxygen atoms in total. The highest BCUT2D eigenvalue weighted by molar-refractivity contribution is 6.30. The van der Waals surface area contributed by atoms with E-state index in [1.165, 1.54) is 11.1 Å². The number of hydrogen-bond acceptors (Lipinski definition) is 5. The summed E-state index contributed by atoms with van der Waals surface area (Å²) in [6, 6.07) is 9.78. The van der Waals surface area contributed by atoms with Crippen molar-refractivity contribution in [1.29, 1.82) is 0 Å². The largest absolute Gasteiger partial charge is 0.489 e. The van der Waals surface area contributed by atoms with E-state index in [-0.39, 0.29) is 17.7 Å². The second-order valence-corrected chi connectivity index (χ2v) is 11.3. The predicted octanol–water partition coefficient (Wildman–Crippen LogP) is 5.19. The molecule has 8 heteroatoms. The minimum absolute atomic E-state index is 0.101. The number of carbonyl (C=O) groups excluding carboxylic acids is 1. The fraction of sp³-hybridized carbons (Fsp3) is 0.552. The Morgan fingerprint density at radius 1 is 1.11 bits per heavy atom. The minimum atomic E-state index is -1.03. The molecule has 1 spiro atoms. The summed E-state index contributed by atoms with van der Waals surface area (Å²) in [6.45, 7) is 2.77. The van der Waals surface area contributed by atoms with Gasteiger partial charge in [0.25, 0.3) is 0 Å². The molecule has 2 bridgehead atoms. The summed E-state index contributed by atoms with van der Waals surface area (Å²) in [6.07, 6.45) is 8.19. The number of aromatic nitrogens is 1. The summed E-state index contributed by atoms with van der Waals surface area (Å²) in [4.78, 5) is 34.0. The first-order valence-corrected chi connectivity index (χ1v) is 13.9. The SMILES string of the molecule is CN1CCCCCCCN2C[C@]3(CCCc4cc(Cl)ccc43)COc3ccc(nc32)[C@H](C(=O)O)CC1=O. The zero-order valence-corrected chi connectivity index (χ0v) is 22.3. The van der Waals surface area contributed by atoms with Crippen LogP contribution in [0.15, 0.2) is 30.3 Å². The molecule has 5 rings (SSSR count). The molecule has 2 aliphatic heterocycles. The molecule has 0 radical (unpaired) electrons. The molecule has 1 aromatic carbocycles. The Bertz CT molecular complexity index is 1170. The molecular weight excluding hydrogens is 490 g/mol. The standard InChI is InChI=1S/C29H36ClN3O4/c1-32-14-5-3-2-4-6-15-33-18-29(13-7-8-20-16-21(30)9-10-23(20)29)19-37-25-12-11-24(31-27(25)33)22(28(35)36)17-26(32)34/h9-12,16,22H,2-8,13-15,17-19H2,1H3,(H,35,36)/t22-,29-/m1/s1. The molecule has 2 aromatic rings. The number of carboxylic acid groups (broad SMARTS) is 1. The Morgan fingerprint density at radius 2 is 1.89 bits per heavy atom. The lowest BCUT2D eigenvalue weighted by Gasteiger charge is -2.40. The van der Waals surface area contributed by atoms with Gasteiger partial charge in [0.1, 0.15) is 5.92 Å². The zero-order valence-electron chi connectivity index (χ0n) is 21.5. The molecule has 1 aromatic heterocycles. The molecule has 2 atom stereocenters. The van der Waals surface area contributed by atoms with Gasteiger partial charge in [-0.2, -0.15) is 0 Å². The van der Waals surface area contributed by atoms with Crippen molar-refractivity contribution in [1.82, 2.24) is 9.88 Å². The van der Waals surface area contributed by atoms with Crippen LogP contribution in [-0.4, -0.2) is 60.2 Å². The van der Waals surface area contributed by atoms with Crippen molar-refractivity contribution in [2.75, 3.05) is 38.2 Å². The van der Waals surface area contributed by atoms with Crippen LogP contribution in [0, 0.1) is 0 Å². The van der Waals surface area contributed by atoms with Gasteiger partial charge in [-0.25, -0.2) is 4.98 Å².